The number of rotatable bonds is 8. The van der Waals surface area contributed by atoms with E-state index in [-0.39, 0.29) is 40.7 Å². The van der Waals surface area contributed by atoms with Crippen molar-refractivity contribution in [3.05, 3.63) is 117 Å². The average Bonchev–Trinajstić information content (AvgIpc) is 3.62. The third-order valence-corrected chi connectivity index (χ3v) is 15.9. The van der Waals surface area contributed by atoms with E-state index in [1.165, 1.54) is 19.1 Å². The van der Waals surface area contributed by atoms with E-state index in [4.69, 9.17) is 24.1 Å². The van der Waals surface area contributed by atoms with Gasteiger partial charge < -0.3 is 0 Å². The van der Waals surface area contributed by atoms with Gasteiger partial charge in [0.25, 0.3) is 0 Å². The number of carbonyl (C=O) groups excluding carboxylic acids is 2. The monoisotopic (exact) mass is 931 g/mol. The Bertz CT molecular complexity index is 2300. The van der Waals surface area contributed by atoms with Crippen LogP contribution < -0.4 is 19.4 Å². The summed E-state index contributed by atoms with van der Waals surface area (Å²) in [6.45, 7) is 19.5. The van der Waals surface area contributed by atoms with E-state index < -0.39 is 64.5 Å². The molecule has 4 aromatic rings. The Morgan fingerprint density at radius 2 is 1.09 bits per heavy atom. The predicted molar refractivity (Wildman–Crippen MR) is 220 cm³/mol. The molecule has 6 rings (SSSR count). The zero-order valence-electron chi connectivity index (χ0n) is 33.6. The van der Waals surface area contributed by atoms with E-state index >= 15 is 0 Å². The van der Waals surface area contributed by atoms with Crippen molar-refractivity contribution >= 4 is 57.2 Å². The molecule has 0 spiro atoms. The van der Waals surface area contributed by atoms with Crippen LogP contribution in [0, 0.1) is 29.1 Å². The number of amides is 2. The van der Waals surface area contributed by atoms with Crippen LogP contribution in [0.5, 0.6) is 5.75 Å². The molecule has 1 fully saturated rings. The number of hydrogen-bond acceptors (Lipinski definition) is 5. The van der Waals surface area contributed by atoms with Crippen molar-refractivity contribution in [2.75, 3.05) is 27.8 Å². The Morgan fingerprint density at radius 3 is 1.50 bits per heavy atom. The number of benzene rings is 4. The average molecular weight is 932 g/mol. The first-order chi connectivity index (χ1) is 27.2. The summed E-state index contributed by atoms with van der Waals surface area (Å²) in [6, 6.07) is 16.9. The quantitative estimate of drug-likeness (QED) is 0.0579. The summed E-state index contributed by atoms with van der Waals surface area (Å²) in [5.41, 5.74) is 4.71. The number of imide groups is 1. The summed E-state index contributed by atoms with van der Waals surface area (Å²) in [5, 5.41) is 0. The number of para-hydroxylation sites is 3. The van der Waals surface area contributed by atoms with Crippen LogP contribution in [0.3, 0.4) is 0 Å². The van der Waals surface area contributed by atoms with Crippen LogP contribution in [0.4, 0.5) is 39.0 Å². The number of carbonyl (C=O) groups is 2. The fourth-order valence-corrected chi connectivity index (χ4v) is 13.6. The molecule has 1 unspecified atom stereocenters. The van der Waals surface area contributed by atoms with Crippen molar-refractivity contribution in [1.29, 1.82) is 0 Å². The van der Waals surface area contributed by atoms with E-state index in [1.54, 1.807) is 10.7 Å². The normalized spacial score (nSPS) is 16.3. The number of ether oxygens (including phenoxy) is 1. The summed E-state index contributed by atoms with van der Waals surface area (Å²) in [6.07, 6.45) is -1.41. The molecule has 14 heteroatoms. The molecule has 2 aliphatic rings. The molecule has 0 bridgehead atoms. The first-order valence-electron chi connectivity index (χ1n) is 19.0. The molecule has 0 N–H and O–H groups in total. The zero-order valence-corrected chi connectivity index (χ0v) is 36.9. The van der Waals surface area contributed by atoms with Crippen LogP contribution in [0.25, 0.3) is 0 Å². The van der Waals surface area contributed by atoms with Crippen molar-refractivity contribution in [3.63, 3.8) is 0 Å². The molecule has 312 valence electrons. The molecule has 1 atom stereocenters. The maximum absolute atomic E-state index is 15.0. The summed E-state index contributed by atoms with van der Waals surface area (Å²) in [7, 11) is 15.7. The van der Waals surface area contributed by atoms with Crippen LogP contribution >= 0.6 is 19.4 Å². The van der Waals surface area contributed by atoms with E-state index in [1.807, 2.05) is 0 Å². The van der Waals surface area contributed by atoms with Crippen LogP contribution in [-0.2, 0) is 16.7 Å². The molecule has 4 aromatic carbocycles. The van der Waals surface area contributed by atoms with Crippen molar-refractivity contribution in [3.8, 4) is 5.75 Å². The number of anilines is 3. The Labute approximate surface area is 346 Å². The van der Waals surface area contributed by atoms with Gasteiger partial charge in [-0.05, 0) is 0 Å². The van der Waals surface area contributed by atoms with Gasteiger partial charge in [-0.1, -0.05) is 0 Å². The van der Waals surface area contributed by atoms with Gasteiger partial charge in [0.05, 0.1) is 0 Å². The second-order valence-electron chi connectivity index (χ2n) is 15.7. The number of hydrogen-bond donors (Lipinski definition) is 0. The Hall–Kier alpha value is -3.99. The summed E-state index contributed by atoms with van der Waals surface area (Å²) in [5.74, 6) is -14.1. The van der Waals surface area contributed by atoms with Crippen molar-refractivity contribution in [2.45, 2.75) is 92.1 Å². The van der Waals surface area contributed by atoms with Gasteiger partial charge in [-0.25, -0.2) is 0 Å². The molecule has 2 aliphatic heterocycles. The minimum atomic E-state index is -4.39. The van der Waals surface area contributed by atoms with E-state index in [0.717, 1.165) is 33.6 Å². The molecule has 0 saturated carbocycles. The van der Waals surface area contributed by atoms with Crippen LogP contribution in [0.1, 0.15) is 124 Å². The standard InChI is InChI=1S/C27H38N2.C17H8F5NO3.2ClH.Ru/c1-18(2)22-11-9-12-23(19(3)4)26(22)28-15-16-29(17-28)27-24(20(5)6)13-10-14-25(27)21(7)8;1-6-4-3-5-8-15(6)26-7(2)16(24)23(8)17(25)9-10(18)12(20)14(22)13(21)11(9)19;;;/h9-14,18-21H,15-16H2,1-8H3;1,3-5,7H,2H3;2*1H;/q;;;;+2/p-2. The summed E-state index contributed by atoms with van der Waals surface area (Å²) in [4.78, 5) is 32.1. The second-order valence-corrected chi connectivity index (χ2v) is 24.9. The molecule has 0 aromatic heterocycles. The van der Waals surface area contributed by atoms with Crippen LogP contribution in [-0.4, -0.2) is 40.0 Å². The van der Waals surface area contributed by atoms with Gasteiger partial charge in [-0.3, -0.25) is 0 Å². The van der Waals surface area contributed by atoms with E-state index in [9.17, 15) is 31.5 Å². The van der Waals surface area contributed by atoms with Gasteiger partial charge in [0.15, 0.2) is 0 Å². The zero-order chi connectivity index (χ0) is 42.7. The number of fused-ring (bicyclic) bond motifs is 1. The first-order valence-corrected chi connectivity index (χ1v) is 25.4. The molecule has 1 saturated heterocycles. The fraction of sp³-hybridized carbons (Fsp3) is 0.364. The predicted octanol–water partition coefficient (Wildman–Crippen LogP) is 11.6. The molecule has 2 heterocycles. The summed E-state index contributed by atoms with van der Waals surface area (Å²) >= 11 is -4.39. The Balaban J connectivity index is 1.67. The van der Waals surface area contributed by atoms with Gasteiger partial charge in [-0.15, -0.1) is 0 Å². The third-order valence-electron chi connectivity index (χ3n) is 10.4. The molecular formula is C44H46Cl2F5N3O3Ru. The molecule has 0 radical (unpaired) electrons. The minimum absolute atomic E-state index is 0.0778. The van der Waals surface area contributed by atoms with Crippen molar-refractivity contribution in [2.24, 2.45) is 0 Å². The topological polar surface area (TPSA) is 53.1 Å². The van der Waals surface area contributed by atoms with Crippen molar-refractivity contribution in [1.82, 2.24) is 0 Å². The van der Waals surface area contributed by atoms with Crippen LogP contribution in [0.15, 0.2) is 54.6 Å². The first kappa shape index (κ1) is 43.6. The second kappa shape index (κ2) is 16.6. The maximum atomic E-state index is 15.0. The Kier molecular flexibility index (Phi) is 12.5. The van der Waals surface area contributed by atoms with Crippen LogP contribution in [0.2, 0.25) is 0 Å². The van der Waals surface area contributed by atoms with Gasteiger partial charge >= 0.3 is 348 Å². The Morgan fingerprint density at radius 1 is 0.690 bits per heavy atom. The number of nitrogens with zero attached hydrogens (tertiary/aromatic N) is 3. The van der Waals surface area contributed by atoms with E-state index in [0.29, 0.717) is 22.3 Å². The van der Waals surface area contributed by atoms with Gasteiger partial charge in [0, 0.05) is 0 Å². The van der Waals surface area contributed by atoms with Gasteiger partial charge in [0.2, 0.25) is 0 Å². The molecule has 0 aliphatic carbocycles. The molecular weight excluding hydrogens is 885 g/mol. The van der Waals surface area contributed by atoms with Gasteiger partial charge in [-0.2, -0.15) is 0 Å². The third kappa shape index (κ3) is 7.54. The van der Waals surface area contributed by atoms with Gasteiger partial charge in [0.1, 0.15) is 0 Å². The summed E-state index contributed by atoms with van der Waals surface area (Å²) < 4.78 is 81.0. The fourth-order valence-electron chi connectivity index (χ4n) is 7.58. The van der Waals surface area contributed by atoms with E-state index in [2.05, 4.69) is 102 Å². The molecule has 6 nitrogen and oxygen atoms in total. The SMILES string of the molecule is CC1Oc2c([CH]=[Ru]([Cl])([Cl])=[C]3N(c4c(C(C)C)cccc4C(C)C)CCN3c3c(C(C)C)cccc3C(C)C)cccc2N(C(=O)c2c(F)c(F)c(F)c(F)c2F)C1=O. The number of halogens is 7. The van der Waals surface area contributed by atoms with Crippen molar-refractivity contribution < 1.29 is 48.2 Å². The molecule has 58 heavy (non-hydrogen) atoms. The molecule has 2 amide bonds.